The van der Waals surface area contributed by atoms with Crippen molar-refractivity contribution >= 4 is 11.6 Å². The van der Waals surface area contributed by atoms with Gasteiger partial charge < -0.3 is 4.74 Å². The molecule has 1 aromatic carbocycles. The number of nitriles is 1. The number of ether oxygens (including phenoxy) is 1. The second kappa shape index (κ2) is 4.76. The SMILES string of the molecule is N#CCC1(COc2ccccc2CCl)CC1. The summed E-state index contributed by atoms with van der Waals surface area (Å²) in [6, 6.07) is 10.0. The molecule has 0 amide bonds. The van der Waals surface area contributed by atoms with Crippen LogP contribution in [0.4, 0.5) is 0 Å². The quantitative estimate of drug-likeness (QED) is 0.732. The number of rotatable bonds is 5. The van der Waals surface area contributed by atoms with E-state index >= 15 is 0 Å². The maximum atomic E-state index is 8.71. The summed E-state index contributed by atoms with van der Waals surface area (Å²) in [5, 5.41) is 8.71. The van der Waals surface area contributed by atoms with E-state index in [0.29, 0.717) is 18.9 Å². The van der Waals surface area contributed by atoms with Gasteiger partial charge in [-0.05, 0) is 18.9 Å². The van der Waals surface area contributed by atoms with Crippen LogP contribution >= 0.6 is 11.6 Å². The van der Waals surface area contributed by atoms with E-state index < -0.39 is 0 Å². The predicted molar refractivity (Wildman–Crippen MR) is 63.4 cm³/mol. The molecule has 0 unspecified atom stereocenters. The van der Waals surface area contributed by atoms with Crippen LogP contribution < -0.4 is 4.74 Å². The van der Waals surface area contributed by atoms with E-state index in [1.165, 1.54) is 0 Å². The number of para-hydroxylation sites is 1. The van der Waals surface area contributed by atoms with E-state index in [1.807, 2.05) is 24.3 Å². The van der Waals surface area contributed by atoms with Crippen LogP contribution in [0.1, 0.15) is 24.8 Å². The maximum absolute atomic E-state index is 8.71. The molecule has 1 aliphatic rings. The molecule has 0 heterocycles. The summed E-state index contributed by atoms with van der Waals surface area (Å²) in [6.07, 6.45) is 2.79. The number of alkyl halides is 1. The second-order valence-corrected chi connectivity index (χ2v) is 4.63. The summed E-state index contributed by atoms with van der Waals surface area (Å²) in [6.45, 7) is 0.633. The molecule has 1 aliphatic carbocycles. The highest BCUT2D eigenvalue weighted by molar-refractivity contribution is 6.17. The molecule has 3 heteroatoms. The monoisotopic (exact) mass is 235 g/mol. The summed E-state index contributed by atoms with van der Waals surface area (Å²) in [7, 11) is 0. The average Bonchev–Trinajstić information content (AvgIpc) is 3.08. The lowest BCUT2D eigenvalue weighted by atomic mass is 10.1. The molecule has 16 heavy (non-hydrogen) atoms. The molecule has 0 N–H and O–H groups in total. The van der Waals surface area contributed by atoms with Crippen molar-refractivity contribution in [2.45, 2.75) is 25.1 Å². The Labute approximate surface area is 101 Å². The summed E-state index contributed by atoms with van der Waals surface area (Å²) in [5.74, 6) is 1.31. The lowest BCUT2D eigenvalue weighted by Gasteiger charge is -2.14. The molecule has 0 saturated heterocycles. The summed E-state index contributed by atoms with van der Waals surface area (Å²) in [4.78, 5) is 0. The molecule has 0 aromatic heterocycles. The fourth-order valence-corrected chi connectivity index (χ4v) is 1.92. The van der Waals surface area contributed by atoms with Gasteiger partial charge in [-0.15, -0.1) is 11.6 Å². The van der Waals surface area contributed by atoms with Crippen LogP contribution in [-0.4, -0.2) is 6.61 Å². The Morgan fingerprint density at radius 1 is 1.38 bits per heavy atom. The van der Waals surface area contributed by atoms with Crippen LogP contribution in [0.2, 0.25) is 0 Å². The van der Waals surface area contributed by atoms with Gasteiger partial charge in [0.25, 0.3) is 0 Å². The molecule has 0 spiro atoms. The first-order valence-corrected chi connectivity index (χ1v) is 5.97. The first-order valence-electron chi connectivity index (χ1n) is 5.43. The van der Waals surface area contributed by atoms with E-state index in [1.54, 1.807) is 0 Å². The zero-order valence-electron chi connectivity index (χ0n) is 9.08. The molecule has 2 nitrogen and oxygen atoms in total. The zero-order chi connectivity index (χ0) is 11.4. The van der Waals surface area contributed by atoms with Crippen molar-refractivity contribution in [1.29, 1.82) is 5.26 Å². The average molecular weight is 236 g/mol. The van der Waals surface area contributed by atoms with Crippen LogP contribution in [0, 0.1) is 16.7 Å². The number of benzene rings is 1. The Balaban J connectivity index is 1.97. The van der Waals surface area contributed by atoms with E-state index in [-0.39, 0.29) is 5.41 Å². The number of nitrogens with zero attached hydrogens (tertiary/aromatic N) is 1. The Hall–Kier alpha value is -1.20. The number of hydrogen-bond acceptors (Lipinski definition) is 2. The summed E-state index contributed by atoms with van der Waals surface area (Å²) < 4.78 is 5.77. The third-order valence-corrected chi connectivity index (χ3v) is 3.35. The molecule has 0 bridgehead atoms. The third-order valence-electron chi connectivity index (χ3n) is 3.06. The van der Waals surface area contributed by atoms with Crippen molar-refractivity contribution in [3.8, 4) is 11.8 Å². The Morgan fingerprint density at radius 3 is 2.75 bits per heavy atom. The fourth-order valence-electron chi connectivity index (χ4n) is 1.70. The van der Waals surface area contributed by atoms with E-state index in [0.717, 1.165) is 24.2 Å². The molecular formula is C13H14ClNO. The predicted octanol–water partition coefficient (Wildman–Crippen LogP) is 3.50. The van der Waals surface area contributed by atoms with Gasteiger partial charge in [-0.25, -0.2) is 0 Å². The van der Waals surface area contributed by atoms with Gasteiger partial charge in [0.2, 0.25) is 0 Å². The van der Waals surface area contributed by atoms with Gasteiger partial charge in [0, 0.05) is 17.4 Å². The van der Waals surface area contributed by atoms with Crippen molar-refractivity contribution in [2.24, 2.45) is 5.41 Å². The Bertz CT molecular complexity index is 407. The first kappa shape index (κ1) is 11.3. The van der Waals surface area contributed by atoms with Gasteiger partial charge in [-0.1, -0.05) is 18.2 Å². The third kappa shape index (κ3) is 2.48. The van der Waals surface area contributed by atoms with Gasteiger partial charge in [0.15, 0.2) is 0 Å². The van der Waals surface area contributed by atoms with Crippen LogP contribution in [0.25, 0.3) is 0 Å². The molecular weight excluding hydrogens is 222 g/mol. The van der Waals surface area contributed by atoms with Gasteiger partial charge in [0.05, 0.1) is 18.6 Å². The van der Waals surface area contributed by atoms with Gasteiger partial charge in [0.1, 0.15) is 5.75 Å². The molecule has 0 radical (unpaired) electrons. The molecule has 2 rings (SSSR count). The fraction of sp³-hybridized carbons (Fsp3) is 0.462. The number of halogens is 1. The van der Waals surface area contributed by atoms with Crippen molar-refractivity contribution in [3.05, 3.63) is 29.8 Å². The Kier molecular flexibility index (Phi) is 3.36. The maximum Gasteiger partial charge on any atom is 0.123 e. The molecule has 1 fully saturated rings. The normalized spacial score (nSPS) is 16.5. The van der Waals surface area contributed by atoms with Crippen molar-refractivity contribution in [3.63, 3.8) is 0 Å². The molecule has 0 aliphatic heterocycles. The first-order chi connectivity index (χ1) is 7.79. The zero-order valence-corrected chi connectivity index (χ0v) is 9.83. The van der Waals surface area contributed by atoms with Crippen LogP contribution in [0.5, 0.6) is 5.75 Å². The van der Waals surface area contributed by atoms with Gasteiger partial charge in [-0.3, -0.25) is 0 Å². The van der Waals surface area contributed by atoms with E-state index in [9.17, 15) is 0 Å². The number of hydrogen-bond donors (Lipinski definition) is 0. The molecule has 0 atom stereocenters. The van der Waals surface area contributed by atoms with Crippen molar-refractivity contribution < 1.29 is 4.74 Å². The van der Waals surface area contributed by atoms with Crippen LogP contribution in [0.15, 0.2) is 24.3 Å². The molecule has 1 saturated carbocycles. The van der Waals surface area contributed by atoms with E-state index in [2.05, 4.69) is 6.07 Å². The van der Waals surface area contributed by atoms with Gasteiger partial charge in [-0.2, -0.15) is 5.26 Å². The summed E-state index contributed by atoms with van der Waals surface area (Å²) in [5.41, 5.74) is 1.13. The largest absolute Gasteiger partial charge is 0.493 e. The van der Waals surface area contributed by atoms with Gasteiger partial charge >= 0.3 is 0 Å². The lowest BCUT2D eigenvalue weighted by molar-refractivity contribution is 0.235. The van der Waals surface area contributed by atoms with Crippen molar-refractivity contribution in [2.75, 3.05) is 6.61 Å². The Morgan fingerprint density at radius 2 is 2.12 bits per heavy atom. The minimum atomic E-state index is 0.119. The molecule has 1 aromatic rings. The standard InChI is InChI=1S/C13H14ClNO/c14-9-11-3-1-2-4-12(11)16-10-13(5-6-13)7-8-15/h1-4H,5-7,9-10H2. The van der Waals surface area contributed by atoms with Crippen molar-refractivity contribution in [1.82, 2.24) is 0 Å². The topological polar surface area (TPSA) is 33.0 Å². The minimum Gasteiger partial charge on any atom is -0.493 e. The van der Waals surface area contributed by atoms with Crippen LogP contribution in [0.3, 0.4) is 0 Å². The highest BCUT2D eigenvalue weighted by atomic mass is 35.5. The highest BCUT2D eigenvalue weighted by Crippen LogP contribution is 2.48. The highest BCUT2D eigenvalue weighted by Gasteiger charge is 2.43. The summed E-state index contributed by atoms with van der Waals surface area (Å²) >= 11 is 5.83. The molecule has 84 valence electrons. The minimum absolute atomic E-state index is 0.119. The smallest absolute Gasteiger partial charge is 0.123 e. The second-order valence-electron chi connectivity index (χ2n) is 4.36. The van der Waals surface area contributed by atoms with E-state index in [4.69, 9.17) is 21.6 Å². The van der Waals surface area contributed by atoms with Crippen LogP contribution in [-0.2, 0) is 5.88 Å². The lowest BCUT2D eigenvalue weighted by Crippen LogP contribution is -2.13.